The van der Waals surface area contributed by atoms with Gasteiger partial charge in [-0.15, -0.1) is 0 Å². The van der Waals surface area contributed by atoms with E-state index >= 15 is 0 Å². The van der Waals surface area contributed by atoms with E-state index in [4.69, 9.17) is 71.1 Å². The Morgan fingerprint density at radius 1 is 0.182 bits per heavy atom. The average Bonchev–Trinajstić information content (AvgIpc) is 1.09. The molecule has 0 amide bonds. The molecule has 512 valence electrons. The fourth-order valence-electron chi connectivity index (χ4n) is 12.4. The van der Waals surface area contributed by atoms with E-state index in [1.165, 1.54) is 0 Å². The molecular formula is C49H82O39. The molecule has 30 rings (SSSR count). The quantitative estimate of drug-likeness (QED) is 0.107. The van der Waals surface area contributed by atoms with Crippen LogP contribution in [0.2, 0.25) is 0 Å². The fraction of sp³-hybridized carbons (Fsp3) is 1.00. The SMILES string of the molecule is OC[C@H]1O[C@@H]2O[C@H]3[C@H](O)[C@@H](O)[C@@H](O[C@H]4[C@H](O)[C@@H](O)[C@@H](O[C@H]5[C@H](O)[C@@H](O)[C@@H](O[C@H]6[C@H](O)[C@@H](O)[C@@H](O[C@H]7[C@H](O)[C@@H](O)[C@@H](O[C@H]8[C@H](O)[C@@H](O)[C@@H](O[C@H]9[C@H](O)[C@@H](O)[C@@H](C[C@H]1[C@H](O)[C@H]2O)O[C@@H]9CO)O[C@@H]8CO)O[C@@H]7CO)O[C@@H]6CO)O[C@@H]5CO)O[C@@H]4CO)O[C@@H]3CO. The Morgan fingerprint density at radius 3 is 0.557 bits per heavy atom. The second-order valence-electron chi connectivity index (χ2n) is 22.9. The van der Waals surface area contributed by atoms with Gasteiger partial charge < -0.3 is 194 Å². The Kier molecular flexibility index (Phi) is 24.1. The summed E-state index contributed by atoms with van der Waals surface area (Å²) in [4.78, 5) is 0. The van der Waals surface area contributed by atoms with E-state index in [0.717, 1.165) is 0 Å². The van der Waals surface area contributed by atoms with Crippen LogP contribution in [0.3, 0.4) is 0 Å². The lowest BCUT2D eigenvalue weighted by Gasteiger charge is -2.50. The van der Waals surface area contributed by atoms with E-state index in [1.807, 2.05) is 0 Å². The molecule has 0 spiro atoms. The number of ether oxygens (including phenoxy) is 15. The summed E-state index contributed by atoms with van der Waals surface area (Å²) in [5, 5.41) is 266. The normalized spacial score (nSPS) is 55.4. The van der Waals surface area contributed by atoms with Gasteiger partial charge in [-0.05, 0) is 6.42 Å². The molecule has 39 nitrogen and oxygen atoms in total. The molecule has 16 bridgehead atoms. The van der Waals surface area contributed by atoms with Crippen LogP contribution in [-0.2, 0) is 71.1 Å². The maximum absolute atomic E-state index is 11.5. The zero-order chi connectivity index (χ0) is 64.1. The molecule has 30 saturated heterocycles. The lowest BCUT2D eigenvalue weighted by atomic mass is 9.81. The maximum Gasteiger partial charge on any atom is 0.187 e. The van der Waals surface area contributed by atoms with Crippen molar-refractivity contribution in [2.24, 2.45) is 5.92 Å². The molecular weight excluding hydrogens is 1210 g/mol. The Balaban J connectivity index is 0.975. The van der Waals surface area contributed by atoms with Gasteiger partial charge in [0.05, 0.1) is 71.2 Å². The van der Waals surface area contributed by atoms with E-state index in [2.05, 4.69) is 0 Å². The van der Waals surface area contributed by atoms with Crippen LogP contribution in [0.15, 0.2) is 0 Å². The second kappa shape index (κ2) is 30.0. The minimum Gasteiger partial charge on any atom is -0.394 e. The molecule has 0 aromatic carbocycles. The van der Waals surface area contributed by atoms with Crippen molar-refractivity contribution in [1.82, 2.24) is 0 Å². The van der Waals surface area contributed by atoms with Crippen molar-refractivity contribution in [1.29, 1.82) is 0 Å². The van der Waals surface area contributed by atoms with Gasteiger partial charge in [-0.2, -0.15) is 0 Å². The summed E-state index contributed by atoms with van der Waals surface area (Å²) >= 11 is 0. The van der Waals surface area contributed by atoms with Crippen LogP contribution < -0.4 is 0 Å². The van der Waals surface area contributed by atoms with Crippen LogP contribution in [0, 0.1) is 5.92 Å². The molecule has 24 N–H and O–H groups in total. The highest BCUT2D eigenvalue weighted by Crippen LogP contribution is 2.41. The molecule has 0 unspecified atom stereocenters. The van der Waals surface area contributed by atoms with Gasteiger partial charge in [0.25, 0.3) is 0 Å². The molecule has 30 heterocycles. The van der Waals surface area contributed by atoms with E-state index in [0.29, 0.717) is 0 Å². The number of hydrogen-bond donors (Lipinski definition) is 24. The Bertz CT molecular complexity index is 1700. The third kappa shape index (κ3) is 13.8. The first-order valence-corrected chi connectivity index (χ1v) is 28.5. The average molecular weight is 1300 g/mol. The highest BCUT2D eigenvalue weighted by Gasteiger charge is 2.60. The maximum atomic E-state index is 11.5. The molecule has 30 aliphatic heterocycles. The summed E-state index contributed by atoms with van der Waals surface area (Å²) in [7, 11) is 0. The number of rotatable bonds is 8. The molecule has 0 aromatic heterocycles. The summed E-state index contributed by atoms with van der Waals surface area (Å²) in [5.74, 6) is -1.42. The largest absolute Gasteiger partial charge is 0.394 e. The zero-order valence-electron chi connectivity index (χ0n) is 46.3. The molecule has 0 aromatic rings. The van der Waals surface area contributed by atoms with E-state index < -0.39 is 305 Å². The summed E-state index contributed by atoms with van der Waals surface area (Å²) in [6, 6.07) is 0. The van der Waals surface area contributed by atoms with Gasteiger partial charge in [0.1, 0.15) is 177 Å². The fourth-order valence-corrected chi connectivity index (χ4v) is 12.4. The zero-order valence-corrected chi connectivity index (χ0v) is 46.3. The Hall–Kier alpha value is -1.56. The lowest BCUT2D eigenvalue weighted by molar-refractivity contribution is -0.399. The topological polar surface area (TPSA) is 624 Å². The molecule has 0 saturated carbocycles. The molecule has 30 fully saturated rings. The van der Waals surface area contributed by atoms with Gasteiger partial charge in [-0.25, -0.2) is 0 Å². The van der Waals surface area contributed by atoms with Crippen molar-refractivity contribution in [3.8, 4) is 0 Å². The number of hydrogen-bond acceptors (Lipinski definition) is 39. The van der Waals surface area contributed by atoms with Crippen LogP contribution in [0.25, 0.3) is 0 Å². The van der Waals surface area contributed by atoms with Gasteiger partial charge in [0.15, 0.2) is 44.0 Å². The predicted octanol–water partition coefficient (Wildman–Crippen LogP) is -16.7. The van der Waals surface area contributed by atoms with Crippen molar-refractivity contribution >= 4 is 0 Å². The second-order valence-corrected chi connectivity index (χ2v) is 22.9. The first-order chi connectivity index (χ1) is 41.9. The highest BCUT2D eigenvalue weighted by molar-refractivity contribution is 5.03. The number of aliphatic hydroxyl groups is 24. The third-order valence-electron chi connectivity index (χ3n) is 17.5. The summed E-state index contributed by atoms with van der Waals surface area (Å²) in [6.07, 6.45) is -78.5. The van der Waals surface area contributed by atoms with Crippen LogP contribution in [0.1, 0.15) is 6.42 Å². The minimum atomic E-state index is -2.24. The standard InChI is InChI=1S/C49H82O39/c50-2-12-10-1-11-21(59)22(60)36(13(3-51)74-11)82-44-30(68)24(62)38(15(5-53)76-44)84-46-32(70)26(64)40(17(7-55)78-46)86-48-34(72)28(66)42(19(9-57)80-48)88-49-35(73)27(65)41(18(8-56)81-49)87-47-33(71)25(63)39(16(6-54)79-47)85-45-31(69)23(61)37(14(4-52)77-45)83-43(75-12)29(67)20(10)58/h10-73H,1-9H2/t10-,11-,12-,13-,14-,15-,16-,17-,18-,19-,20+,21+,22-,23-,24-,25-,26-,27-,28-,29-,30-,31-,32-,33-,34-,35-,36-,37-,38-,39-,40-,41-,42-,43-,44-,45-,46-,47-,48-,49-/m1/s1. The molecule has 88 heavy (non-hydrogen) atoms. The first kappa shape index (κ1) is 70.7. The van der Waals surface area contributed by atoms with Gasteiger partial charge >= 0.3 is 0 Å². The Labute approximate surface area is 497 Å². The summed E-state index contributed by atoms with van der Waals surface area (Å²) in [5.41, 5.74) is 0. The molecule has 0 aliphatic carbocycles. The highest BCUT2D eigenvalue weighted by atomic mass is 16.8. The van der Waals surface area contributed by atoms with Gasteiger partial charge in [0, 0.05) is 5.92 Å². The van der Waals surface area contributed by atoms with Crippen LogP contribution in [0.4, 0.5) is 0 Å². The smallest absolute Gasteiger partial charge is 0.187 e. The van der Waals surface area contributed by atoms with Crippen molar-refractivity contribution in [3.05, 3.63) is 0 Å². The first-order valence-electron chi connectivity index (χ1n) is 28.5. The van der Waals surface area contributed by atoms with Crippen LogP contribution in [-0.4, -0.2) is 415 Å². The van der Waals surface area contributed by atoms with Gasteiger partial charge in [-0.3, -0.25) is 0 Å². The van der Waals surface area contributed by atoms with Crippen molar-refractivity contribution < 1.29 is 194 Å². The van der Waals surface area contributed by atoms with E-state index in [-0.39, 0.29) is 0 Å². The monoisotopic (exact) mass is 1290 g/mol. The Morgan fingerprint density at radius 2 is 0.352 bits per heavy atom. The van der Waals surface area contributed by atoms with E-state index in [9.17, 15) is 123 Å². The number of aliphatic hydroxyl groups excluding tert-OH is 24. The van der Waals surface area contributed by atoms with Gasteiger partial charge in [0.2, 0.25) is 0 Å². The summed E-state index contributed by atoms with van der Waals surface area (Å²) in [6.45, 7) is -8.36. The molecule has 40 atom stereocenters. The van der Waals surface area contributed by atoms with E-state index in [1.54, 1.807) is 0 Å². The molecule has 39 heteroatoms. The van der Waals surface area contributed by atoms with Crippen LogP contribution in [0.5, 0.6) is 0 Å². The van der Waals surface area contributed by atoms with Gasteiger partial charge in [-0.1, -0.05) is 0 Å². The van der Waals surface area contributed by atoms with Crippen molar-refractivity contribution in [3.63, 3.8) is 0 Å². The summed E-state index contributed by atoms with van der Waals surface area (Å²) < 4.78 is 85.9. The lowest BCUT2D eigenvalue weighted by Crippen LogP contribution is -2.68. The molecule has 30 aliphatic rings. The van der Waals surface area contributed by atoms with Crippen molar-refractivity contribution in [2.75, 3.05) is 52.9 Å². The molecule has 0 radical (unpaired) electrons. The third-order valence-corrected chi connectivity index (χ3v) is 17.5. The van der Waals surface area contributed by atoms with Crippen molar-refractivity contribution in [2.45, 2.75) is 246 Å². The predicted molar refractivity (Wildman–Crippen MR) is 264 cm³/mol. The van der Waals surface area contributed by atoms with Crippen LogP contribution >= 0.6 is 0 Å². The minimum absolute atomic E-state index is 0.583.